The standard InChI is InChI=1S/C31H36O6/c1-23(32)31(37-24(2)33)18-28(22-34-19-25-12-6-3-7-13-25)29(35-20-26-14-8-4-9-15-26)30(31)36-21-27-16-10-5-11-17-27/h3-17,23,28-30,32H,18-22H2,1-2H3. The predicted molar refractivity (Wildman–Crippen MR) is 140 cm³/mol. The number of rotatable bonds is 12. The van der Waals surface area contributed by atoms with E-state index in [-0.39, 0.29) is 5.92 Å². The molecule has 3 aromatic rings. The van der Waals surface area contributed by atoms with Crippen molar-refractivity contribution in [3.8, 4) is 0 Å². The number of carbonyl (C=O) groups is 1. The smallest absolute Gasteiger partial charge is 0.303 e. The van der Waals surface area contributed by atoms with Crippen LogP contribution in [0.4, 0.5) is 0 Å². The molecule has 0 bridgehead atoms. The minimum atomic E-state index is -1.26. The van der Waals surface area contributed by atoms with Crippen molar-refractivity contribution in [3.63, 3.8) is 0 Å². The number of ether oxygens (including phenoxy) is 4. The van der Waals surface area contributed by atoms with Crippen LogP contribution in [0.3, 0.4) is 0 Å². The molecule has 1 aliphatic carbocycles. The van der Waals surface area contributed by atoms with E-state index in [4.69, 9.17) is 18.9 Å². The third-order valence-electron chi connectivity index (χ3n) is 6.87. The Hall–Kier alpha value is -3.03. The van der Waals surface area contributed by atoms with E-state index in [0.29, 0.717) is 32.8 Å². The maximum absolute atomic E-state index is 12.3. The molecule has 0 aromatic heterocycles. The minimum Gasteiger partial charge on any atom is -0.454 e. The molecule has 0 saturated heterocycles. The van der Waals surface area contributed by atoms with Crippen LogP contribution in [0.15, 0.2) is 91.0 Å². The number of aliphatic hydroxyl groups is 1. The molecule has 1 N–H and O–H groups in total. The van der Waals surface area contributed by atoms with E-state index in [0.717, 1.165) is 16.7 Å². The highest BCUT2D eigenvalue weighted by atomic mass is 16.6. The lowest BCUT2D eigenvalue weighted by molar-refractivity contribution is -0.207. The highest BCUT2D eigenvalue weighted by molar-refractivity contribution is 5.67. The Morgan fingerprint density at radius 1 is 0.838 bits per heavy atom. The van der Waals surface area contributed by atoms with Gasteiger partial charge < -0.3 is 24.1 Å². The van der Waals surface area contributed by atoms with Crippen molar-refractivity contribution in [2.45, 2.75) is 64.0 Å². The largest absolute Gasteiger partial charge is 0.454 e. The molecule has 0 radical (unpaired) electrons. The van der Waals surface area contributed by atoms with Crippen LogP contribution in [0.1, 0.15) is 37.0 Å². The van der Waals surface area contributed by atoms with Crippen LogP contribution < -0.4 is 0 Å². The van der Waals surface area contributed by atoms with E-state index >= 15 is 0 Å². The van der Waals surface area contributed by atoms with Gasteiger partial charge in [-0.25, -0.2) is 0 Å². The van der Waals surface area contributed by atoms with Gasteiger partial charge in [0.15, 0.2) is 5.60 Å². The van der Waals surface area contributed by atoms with Crippen molar-refractivity contribution in [1.29, 1.82) is 0 Å². The Morgan fingerprint density at radius 3 is 1.81 bits per heavy atom. The van der Waals surface area contributed by atoms with Crippen LogP contribution in [0.5, 0.6) is 0 Å². The molecule has 37 heavy (non-hydrogen) atoms. The molecule has 4 rings (SSSR count). The number of aliphatic hydroxyl groups excluding tert-OH is 1. The summed E-state index contributed by atoms with van der Waals surface area (Å²) in [5, 5.41) is 11.0. The number of carbonyl (C=O) groups excluding carboxylic acids is 1. The molecule has 1 saturated carbocycles. The summed E-state index contributed by atoms with van der Waals surface area (Å²) in [6.45, 7) is 4.48. The summed E-state index contributed by atoms with van der Waals surface area (Å²) in [4.78, 5) is 12.3. The molecular weight excluding hydrogens is 468 g/mol. The average Bonchev–Trinajstić information content (AvgIpc) is 3.20. The lowest BCUT2D eigenvalue weighted by atomic mass is 9.92. The third-order valence-corrected chi connectivity index (χ3v) is 6.87. The van der Waals surface area contributed by atoms with Gasteiger partial charge in [-0.2, -0.15) is 0 Å². The first-order chi connectivity index (χ1) is 18.0. The molecule has 196 valence electrons. The molecule has 0 amide bonds. The fourth-order valence-corrected chi connectivity index (χ4v) is 5.07. The van der Waals surface area contributed by atoms with Crippen molar-refractivity contribution >= 4 is 5.97 Å². The summed E-state index contributed by atoms with van der Waals surface area (Å²) in [6.07, 6.45) is -1.77. The quantitative estimate of drug-likeness (QED) is 0.347. The Kier molecular flexibility index (Phi) is 9.47. The zero-order valence-electron chi connectivity index (χ0n) is 21.5. The fraction of sp³-hybridized carbons (Fsp3) is 0.387. The summed E-state index contributed by atoms with van der Waals surface area (Å²) in [7, 11) is 0. The first-order valence-electron chi connectivity index (χ1n) is 12.8. The van der Waals surface area contributed by atoms with Crippen LogP contribution in [-0.2, 0) is 43.6 Å². The molecule has 0 aliphatic heterocycles. The Bertz CT molecular complexity index is 1090. The molecule has 6 nitrogen and oxygen atoms in total. The lowest BCUT2D eigenvalue weighted by Crippen LogP contribution is -2.54. The average molecular weight is 505 g/mol. The molecule has 0 spiro atoms. The van der Waals surface area contributed by atoms with Gasteiger partial charge in [-0.1, -0.05) is 91.0 Å². The summed E-state index contributed by atoms with van der Waals surface area (Å²) in [6, 6.07) is 29.7. The maximum Gasteiger partial charge on any atom is 0.303 e. The summed E-state index contributed by atoms with van der Waals surface area (Å²) >= 11 is 0. The second-order valence-electron chi connectivity index (χ2n) is 9.67. The molecule has 6 heteroatoms. The van der Waals surface area contributed by atoms with E-state index in [1.54, 1.807) is 6.92 Å². The second kappa shape index (κ2) is 13.0. The van der Waals surface area contributed by atoms with Gasteiger partial charge in [-0.05, 0) is 23.6 Å². The zero-order valence-corrected chi connectivity index (χ0v) is 21.5. The van der Waals surface area contributed by atoms with Gasteiger partial charge in [-0.3, -0.25) is 4.79 Å². The minimum absolute atomic E-state index is 0.165. The summed E-state index contributed by atoms with van der Waals surface area (Å²) in [5.74, 6) is -0.635. The number of esters is 1. The topological polar surface area (TPSA) is 74.2 Å². The van der Waals surface area contributed by atoms with E-state index in [1.807, 2.05) is 91.0 Å². The van der Waals surface area contributed by atoms with Gasteiger partial charge in [0.1, 0.15) is 6.10 Å². The van der Waals surface area contributed by atoms with Crippen LogP contribution in [-0.4, -0.2) is 41.6 Å². The number of hydrogen-bond acceptors (Lipinski definition) is 6. The van der Waals surface area contributed by atoms with Gasteiger partial charge >= 0.3 is 5.97 Å². The van der Waals surface area contributed by atoms with Crippen molar-refractivity contribution in [1.82, 2.24) is 0 Å². The van der Waals surface area contributed by atoms with Crippen LogP contribution in [0.2, 0.25) is 0 Å². The first-order valence-corrected chi connectivity index (χ1v) is 12.8. The fourth-order valence-electron chi connectivity index (χ4n) is 5.07. The zero-order chi connectivity index (χ0) is 26.1. The van der Waals surface area contributed by atoms with E-state index in [1.165, 1.54) is 6.92 Å². The van der Waals surface area contributed by atoms with Crippen molar-refractivity contribution in [2.75, 3.05) is 6.61 Å². The van der Waals surface area contributed by atoms with Crippen molar-refractivity contribution in [3.05, 3.63) is 108 Å². The van der Waals surface area contributed by atoms with Gasteiger partial charge in [0.05, 0.1) is 38.6 Å². The van der Waals surface area contributed by atoms with E-state index < -0.39 is 29.9 Å². The van der Waals surface area contributed by atoms with E-state index in [2.05, 4.69) is 0 Å². The highest BCUT2D eigenvalue weighted by Crippen LogP contribution is 2.45. The molecular formula is C31H36O6. The van der Waals surface area contributed by atoms with Gasteiger partial charge in [0, 0.05) is 19.3 Å². The third kappa shape index (κ3) is 7.05. The Labute approximate surface area is 219 Å². The van der Waals surface area contributed by atoms with Gasteiger partial charge in [0.25, 0.3) is 0 Å². The summed E-state index contributed by atoms with van der Waals surface area (Å²) < 4.78 is 24.9. The molecule has 1 aliphatic rings. The molecule has 0 heterocycles. The molecule has 5 unspecified atom stereocenters. The normalized spacial score (nSPS) is 24.0. The maximum atomic E-state index is 12.3. The number of hydrogen-bond donors (Lipinski definition) is 1. The van der Waals surface area contributed by atoms with Crippen molar-refractivity contribution in [2.24, 2.45) is 5.92 Å². The van der Waals surface area contributed by atoms with Crippen molar-refractivity contribution < 1.29 is 28.8 Å². The van der Waals surface area contributed by atoms with E-state index in [9.17, 15) is 9.90 Å². The van der Waals surface area contributed by atoms with Crippen LogP contribution in [0, 0.1) is 5.92 Å². The molecule has 1 fully saturated rings. The monoisotopic (exact) mass is 504 g/mol. The summed E-state index contributed by atoms with van der Waals surface area (Å²) in [5.41, 5.74) is 1.81. The van der Waals surface area contributed by atoms with Crippen LogP contribution in [0.25, 0.3) is 0 Å². The number of benzene rings is 3. The Morgan fingerprint density at radius 2 is 1.32 bits per heavy atom. The van der Waals surface area contributed by atoms with Crippen LogP contribution >= 0.6 is 0 Å². The van der Waals surface area contributed by atoms with Gasteiger partial charge in [0.2, 0.25) is 0 Å². The van der Waals surface area contributed by atoms with Gasteiger partial charge in [-0.15, -0.1) is 0 Å². The second-order valence-corrected chi connectivity index (χ2v) is 9.67. The lowest BCUT2D eigenvalue weighted by Gasteiger charge is -2.38. The Balaban J connectivity index is 1.59. The SMILES string of the molecule is CC(=O)OC1(C(C)O)CC(COCc2ccccc2)C(OCc2ccccc2)C1OCc1ccccc1. The first kappa shape index (κ1) is 27.0. The molecule has 5 atom stereocenters. The highest BCUT2D eigenvalue weighted by Gasteiger charge is 2.60. The molecule has 3 aromatic carbocycles. The predicted octanol–water partition coefficient (Wildman–Crippen LogP) is 5.08.